The van der Waals surface area contributed by atoms with Gasteiger partial charge in [-0.05, 0) is 49.0 Å². The topological polar surface area (TPSA) is 46.5 Å². The van der Waals surface area contributed by atoms with E-state index in [1.54, 1.807) is 6.08 Å². The van der Waals surface area contributed by atoms with Crippen LogP contribution in [-0.4, -0.2) is 17.4 Å². The van der Waals surface area contributed by atoms with Gasteiger partial charge in [0, 0.05) is 5.92 Å². The number of aliphatic hydroxyl groups excluding tert-OH is 1. The first-order valence-corrected chi connectivity index (χ1v) is 10.9. The zero-order valence-electron chi connectivity index (χ0n) is 18.4. The molecule has 1 saturated heterocycles. The van der Waals surface area contributed by atoms with Gasteiger partial charge in [0.1, 0.15) is 0 Å². The third-order valence-corrected chi connectivity index (χ3v) is 6.31. The van der Waals surface area contributed by atoms with Gasteiger partial charge in [0.05, 0.1) is 6.42 Å². The highest BCUT2D eigenvalue weighted by Crippen LogP contribution is 2.40. The van der Waals surface area contributed by atoms with Gasteiger partial charge in [-0.1, -0.05) is 93.3 Å². The fraction of sp³-hybridized carbons (Fsp3) is 0.444. The number of ether oxygens (including phenoxy) is 1. The summed E-state index contributed by atoms with van der Waals surface area (Å²) >= 11 is 0. The van der Waals surface area contributed by atoms with Crippen LogP contribution < -0.4 is 0 Å². The second-order valence-electron chi connectivity index (χ2n) is 8.38. The summed E-state index contributed by atoms with van der Waals surface area (Å²) in [5.41, 5.74) is 3.42. The molecule has 0 bridgehead atoms. The molecule has 162 valence electrons. The fourth-order valence-corrected chi connectivity index (χ4v) is 4.34. The van der Waals surface area contributed by atoms with Crippen LogP contribution >= 0.6 is 0 Å². The summed E-state index contributed by atoms with van der Waals surface area (Å²) in [5.74, 6) is 0.138. The van der Waals surface area contributed by atoms with Gasteiger partial charge in [-0.15, -0.1) is 0 Å². The molecule has 1 aromatic carbocycles. The number of cyclic esters (lactones) is 1. The number of carbonyl (C=O) groups is 1. The summed E-state index contributed by atoms with van der Waals surface area (Å²) < 4.78 is 5.06. The van der Waals surface area contributed by atoms with Crippen molar-refractivity contribution in [2.45, 2.75) is 58.2 Å². The first-order valence-electron chi connectivity index (χ1n) is 10.9. The van der Waals surface area contributed by atoms with E-state index in [9.17, 15) is 9.90 Å². The third-order valence-electron chi connectivity index (χ3n) is 6.31. The molecule has 5 unspecified atom stereocenters. The Labute approximate surface area is 181 Å². The SMILES string of the molecule is C=C/C=C\C(=C)C(CC)CC(=C)C(CCC(C)c1ccccc1)C1CC(=O)OC1O. The predicted molar refractivity (Wildman–Crippen MR) is 124 cm³/mol. The van der Waals surface area contributed by atoms with Crippen molar-refractivity contribution in [1.82, 2.24) is 0 Å². The maximum atomic E-state index is 11.8. The molecule has 1 N–H and O–H groups in total. The highest BCUT2D eigenvalue weighted by atomic mass is 16.6. The summed E-state index contributed by atoms with van der Waals surface area (Å²) in [4.78, 5) is 11.8. The number of aliphatic hydroxyl groups is 1. The van der Waals surface area contributed by atoms with E-state index >= 15 is 0 Å². The van der Waals surface area contributed by atoms with E-state index in [0.29, 0.717) is 5.92 Å². The van der Waals surface area contributed by atoms with Crippen LogP contribution in [0.5, 0.6) is 0 Å². The van der Waals surface area contributed by atoms with Gasteiger partial charge in [-0.3, -0.25) is 4.79 Å². The third kappa shape index (κ3) is 6.56. The first-order chi connectivity index (χ1) is 14.4. The standard InChI is InChI=1S/C27H36O3/c1-6-8-12-19(3)22(7-2)17-21(5)24(25-18-26(28)30-27(25)29)16-15-20(4)23-13-10-9-11-14-23/h6,8-14,20,22,24-25,27,29H,1,3,5,7,15-18H2,2,4H3/b12-8-. The molecule has 3 nitrogen and oxygen atoms in total. The van der Waals surface area contributed by atoms with Crippen molar-refractivity contribution in [3.63, 3.8) is 0 Å². The first kappa shape index (κ1) is 23.9. The quantitative estimate of drug-likeness (QED) is 0.249. The normalized spacial score (nSPS) is 21.8. The van der Waals surface area contributed by atoms with E-state index in [2.05, 4.69) is 57.8 Å². The lowest BCUT2D eigenvalue weighted by atomic mass is 9.75. The smallest absolute Gasteiger partial charge is 0.308 e. The van der Waals surface area contributed by atoms with Crippen LogP contribution in [0, 0.1) is 17.8 Å². The molecule has 1 heterocycles. The Morgan fingerprint density at radius 2 is 1.97 bits per heavy atom. The van der Waals surface area contributed by atoms with E-state index in [1.165, 1.54) is 5.56 Å². The average Bonchev–Trinajstić information content (AvgIpc) is 3.08. The average molecular weight is 409 g/mol. The molecule has 1 aliphatic rings. The van der Waals surface area contributed by atoms with Crippen molar-refractivity contribution in [2.24, 2.45) is 17.8 Å². The van der Waals surface area contributed by atoms with Gasteiger partial charge < -0.3 is 9.84 Å². The number of hydrogen-bond donors (Lipinski definition) is 1. The van der Waals surface area contributed by atoms with E-state index in [4.69, 9.17) is 4.74 Å². The number of carbonyl (C=O) groups excluding carboxylic acids is 1. The predicted octanol–water partition coefficient (Wildman–Crippen LogP) is 6.34. The Morgan fingerprint density at radius 3 is 2.53 bits per heavy atom. The number of esters is 1. The molecule has 2 rings (SSSR count). The van der Waals surface area contributed by atoms with Gasteiger partial charge in [0.25, 0.3) is 0 Å². The second kappa shape index (κ2) is 11.7. The molecule has 1 fully saturated rings. The molecular weight excluding hydrogens is 372 g/mol. The van der Waals surface area contributed by atoms with Crippen molar-refractivity contribution in [2.75, 3.05) is 0 Å². The molecule has 0 saturated carbocycles. The molecule has 0 amide bonds. The maximum absolute atomic E-state index is 11.8. The highest BCUT2D eigenvalue weighted by Gasteiger charge is 2.40. The van der Waals surface area contributed by atoms with Gasteiger partial charge in [0.2, 0.25) is 6.29 Å². The van der Waals surface area contributed by atoms with Crippen LogP contribution in [0.2, 0.25) is 0 Å². The lowest BCUT2D eigenvalue weighted by Gasteiger charge is -2.29. The van der Waals surface area contributed by atoms with E-state index in [1.807, 2.05) is 18.2 Å². The van der Waals surface area contributed by atoms with Crippen molar-refractivity contribution in [3.8, 4) is 0 Å². The zero-order valence-corrected chi connectivity index (χ0v) is 18.4. The van der Waals surface area contributed by atoms with Gasteiger partial charge in [-0.25, -0.2) is 0 Å². The fourth-order valence-electron chi connectivity index (χ4n) is 4.34. The van der Waals surface area contributed by atoms with Crippen molar-refractivity contribution >= 4 is 5.97 Å². The Balaban J connectivity index is 2.13. The Hall–Kier alpha value is -2.39. The van der Waals surface area contributed by atoms with E-state index < -0.39 is 6.29 Å². The number of hydrogen-bond acceptors (Lipinski definition) is 3. The van der Waals surface area contributed by atoms with Crippen LogP contribution in [0.4, 0.5) is 0 Å². The lowest BCUT2D eigenvalue weighted by Crippen LogP contribution is -2.26. The van der Waals surface area contributed by atoms with E-state index in [-0.39, 0.29) is 30.1 Å². The number of benzene rings is 1. The minimum Gasteiger partial charge on any atom is -0.436 e. The number of allylic oxidation sites excluding steroid dienone is 5. The van der Waals surface area contributed by atoms with Crippen molar-refractivity contribution < 1.29 is 14.6 Å². The molecule has 5 atom stereocenters. The largest absolute Gasteiger partial charge is 0.436 e. The maximum Gasteiger partial charge on any atom is 0.308 e. The molecular formula is C27H36O3. The summed E-state index contributed by atoms with van der Waals surface area (Å²) in [6, 6.07) is 10.4. The monoisotopic (exact) mass is 408 g/mol. The van der Waals surface area contributed by atoms with Gasteiger partial charge >= 0.3 is 5.97 Å². The lowest BCUT2D eigenvalue weighted by molar-refractivity contribution is -0.156. The zero-order chi connectivity index (χ0) is 22.1. The summed E-state index contributed by atoms with van der Waals surface area (Å²) in [6.07, 6.45) is 8.41. The van der Waals surface area contributed by atoms with Crippen molar-refractivity contribution in [3.05, 3.63) is 85.0 Å². The molecule has 0 aliphatic carbocycles. The minimum atomic E-state index is -1.05. The van der Waals surface area contributed by atoms with Crippen molar-refractivity contribution in [1.29, 1.82) is 0 Å². The molecule has 1 aromatic rings. The minimum absolute atomic E-state index is 0.0304. The van der Waals surface area contributed by atoms with Crippen LogP contribution in [0.1, 0.15) is 57.4 Å². The van der Waals surface area contributed by atoms with Gasteiger partial charge in [0.15, 0.2) is 0 Å². The van der Waals surface area contributed by atoms with Crippen LogP contribution in [-0.2, 0) is 9.53 Å². The molecule has 3 heteroatoms. The van der Waals surface area contributed by atoms with Crippen LogP contribution in [0.3, 0.4) is 0 Å². The Bertz CT molecular complexity index is 762. The summed E-state index contributed by atoms with van der Waals surface area (Å²) in [6.45, 7) is 16.7. The van der Waals surface area contributed by atoms with Gasteiger partial charge in [-0.2, -0.15) is 0 Å². The van der Waals surface area contributed by atoms with E-state index in [0.717, 1.165) is 36.8 Å². The molecule has 30 heavy (non-hydrogen) atoms. The summed E-state index contributed by atoms with van der Waals surface area (Å²) in [5, 5.41) is 10.4. The second-order valence-corrected chi connectivity index (χ2v) is 8.38. The Morgan fingerprint density at radius 1 is 1.27 bits per heavy atom. The molecule has 1 aliphatic heterocycles. The summed E-state index contributed by atoms with van der Waals surface area (Å²) in [7, 11) is 0. The highest BCUT2D eigenvalue weighted by molar-refractivity contribution is 5.72. The molecule has 0 radical (unpaired) electrons. The molecule has 0 aromatic heterocycles. The Kier molecular flexibility index (Phi) is 9.32. The molecule has 0 spiro atoms. The van der Waals surface area contributed by atoms with Crippen LogP contribution in [0.25, 0.3) is 0 Å². The number of rotatable bonds is 12. The van der Waals surface area contributed by atoms with Crippen LogP contribution in [0.15, 0.2) is 79.4 Å².